The highest BCUT2D eigenvalue weighted by molar-refractivity contribution is 6.30. The van der Waals surface area contributed by atoms with Crippen LogP contribution in [0.1, 0.15) is 22.5 Å². The van der Waals surface area contributed by atoms with Gasteiger partial charge >= 0.3 is 5.97 Å². The lowest BCUT2D eigenvalue weighted by molar-refractivity contribution is -0.133. The maximum absolute atomic E-state index is 12.4. The molecule has 1 N–H and O–H groups in total. The first kappa shape index (κ1) is 18.4. The van der Waals surface area contributed by atoms with Gasteiger partial charge in [-0.1, -0.05) is 23.7 Å². The maximum atomic E-state index is 12.4. The van der Waals surface area contributed by atoms with Crippen molar-refractivity contribution < 1.29 is 14.7 Å². The molecule has 1 saturated heterocycles. The molecule has 1 aliphatic heterocycles. The van der Waals surface area contributed by atoms with Crippen molar-refractivity contribution in [3.63, 3.8) is 0 Å². The summed E-state index contributed by atoms with van der Waals surface area (Å²) in [6.45, 7) is 4.24. The molecule has 0 saturated carbocycles. The Morgan fingerprint density at radius 3 is 2.58 bits per heavy atom. The van der Waals surface area contributed by atoms with Crippen LogP contribution < -0.4 is 0 Å². The highest BCUT2D eigenvalue weighted by Crippen LogP contribution is 2.14. The second-order valence-electron chi connectivity index (χ2n) is 6.31. The second kappa shape index (κ2) is 8.33. The maximum Gasteiger partial charge on any atom is 0.356 e. The van der Waals surface area contributed by atoms with Gasteiger partial charge in [-0.25, -0.2) is 4.79 Å². The molecular weight excluding hydrogens is 356 g/mol. The minimum absolute atomic E-state index is 0.00733. The minimum atomic E-state index is -1.06. The Morgan fingerprint density at radius 2 is 1.92 bits per heavy atom. The molecule has 0 unspecified atom stereocenters. The summed E-state index contributed by atoms with van der Waals surface area (Å²) in [5.74, 6) is -0.995. The third-order valence-corrected chi connectivity index (χ3v) is 4.67. The van der Waals surface area contributed by atoms with Crippen LogP contribution in [0.5, 0.6) is 0 Å². The number of piperazine rings is 1. The number of carboxylic acids is 1. The SMILES string of the molecule is O=C(O)c1ccn(CCC(=O)N2CCN(Cc3cccc(Cl)c3)CC2)n1. The van der Waals surface area contributed by atoms with Crippen LogP contribution in [-0.4, -0.2) is 62.7 Å². The Morgan fingerprint density at radius 1 is 1.15 bits per heavy atom. The molecule has 1 aromatic carbocycles. The number of halogens is 1. The van der Waals surface area contributed by atoms with E-state index in [1.807, 2.05) is 23.1 Å². The summed E-state index contributed by atoms with van der Waals surface area (Å²) >= 11 is 6.02. The van der Waals surface area contributed by atoms with Crippen molar-refractivity contribution >= 4 is 23.5 Å². The van der Waals surface area contributed by atoms with E-state index in [0.717, 1.165) is 24.7 Å². The van der Waals surface area contributed by atoms with Crippen molar-refractivity contribution in [2.45, 2.75) is 19.5 Å². The predicted molar refractivity (Wildman–Crippen MR) is 97.1 cm³/mol. The number of aryl methyl sites for hydroxylation is 1. The van der Waals surface area contributed by atoms with Crippen LogP contribution in [0.3, 0.4) is 0 Å². The Hall–Kier alpha value is -2.38. The number of aromatic carboxylic acids is 1. The number of hydrogen-bond donors (Lipinski definition) is 1. The molecule has 1 fully saturated rings. The largest absolute Gasteiger partial charge is 0.476 e. The number of carboxylic acid groups (broad SMARTS) is 1. The van der Waals surface area contributed by atoms with Gasteiger partial charge in [0.05, 0.1) is 0 Å². The van der Waals surface area contributed by atoms with Crippen molar-refractivity contribution in [3.8, 4) is 0 Å². The van der Waals surface area contributed by atoms with Crippen molar-refractivity contribution in [3.05, 3.63) is 52.8 Å². The average molecular weight is 377 g/mol. The van der Waals surface area contributed by atoms with E-state index >= 15 is 0 Å². The fourth-order valence-corrected chi connectivity index (χ4v) is 3.23. The monoisotopic (exact) mass is 376 g/mol. The van der Waals surface area contributed by atoms with Crippen LogP contribution in [0.2, 0.25) is 5.02 Å². The Bertz CT molecular complexity index is 784. The zero-order valence-electron chi connectivity index (χ0n) is 14.3. The van der Waals surface area contributed by atoms with Crippen molar-refractivity contribution in [1.29, 1.82) is 0 Å². The number of nitrogens with zero attached hydrogens (tertiary/aromatic N) is 4. The molecule has 1 aromatic heterocycles. The first-order valence-corrected chi connectivity index (χ1v) is 8.90. The molecular formula is C18H21ClN4O3. The number of carbonyl (C=O) groups excluding carboxylic acids is 1. The lowest BCUT2D eigenvalue weighted by atomic mass is 10.2. The number of benzene rings is 1. The Kier molecular flexibility index (Phi) is 5.90. The number of carbonyl (C=O) groups is 2. The molecule has 0 aliphatic carbocycles. The van der Waals surface area contributed by atoms with Gasteiger partial charge in [0.15, 0.2) is 5.69 Å². The smallest absolute Gasteiger partial charge is 0.356 e. The quantitative estimate of drug-likeness (QED) is 0.833. The van der Waals surface area contributed by atoms with E-state index in [0.29, 0.717) is 26.1 Å². The first-order valence-electron chi connectivity index (χ1n) is 8.52. The van der Waals surface area contributed by atoms with E-state index in [1.54, 1.807) is 6.20 Å². The topological polar surface area (TPSA) is 78.7 Å². The first-order chi connectivity index (χ1) is 12.5. The molecule has 26 heavy (non-hydrogen) atoms. The summed E-state index contributed by atoms with van der Waals surface area (Å²) in [5, 5.41) is 13.5. The zero-order valence-corrected chi connectivity index (χ0v) is 15.1. The van der Waals surface area contributed by atoms with Crippen LogP contribution in [-0.2, 0) is 17.9 Å². The summed E-state index contributed by atoms with van der Waals surface area (Å²) in [4.78, 5) is 27.3. The van der Waals surface area contributed by atoms with Gasteiger partial charge in [0.2, 0.25) is 5.91 Å². The van der Waals surface area contributed by atoms with E-state index in [9.17, 15) is 9.59 Å². The van der Waals surface area contributed by atoms with Crippen LogP contribution in [0.15, 0.2) is 36.5 Å². The Labute approximate surface area is 156 Å². The Balaban J connectivity index is 1.43. The summed E-state index contributed by atoms with van der Waals surface area (Å²) in [6.07, 6.45) is 1.90. The molecule has 1 amide bonds. The highest BCUT2D eigenvalue weighted by atomic mass is 35.5. The molecule has 7 nitrogen and oxygen atoms in total. The van der Waals surface area contributed by atoms with E-state index < -0.39 is 5.97 Å². The van der Waals surface area contributed by atoms with Crippen molar-refractivity contribution in [2.75, 3.05) is 26.2 Å². The fraction of sp³-hybridized carbons (Fsp3) is 0.389. The van der Waals surface area contributed by atoms with Gasteiger partial charge in [0, 0.05) is 56.9 Å². The summed E-state index contributed by atoms with van der Waals surface area (Å²) in [7, 11) is 0. The average Bonchev–Trinajstić information content (AvgIpc) is 3.10. The predicted octanol–water partition coefficient (Wildman–Crippen LogP) is 1.97. The summed E-state index contributed by atoms with van der Waals surface area (Å²) in [6, 6.07) is 9.26. The molecule has 1 aliphatic rings. The van der Waals surface area contributed by atoms with Gasteiger partial charge in [-0.05, 0) is 23.8 Å². The molecule has 0 bridgehead atoms. The molecule has 138 valence electrons. The molecule has 2 aromatic rings. The van der Waals surface area contributed by atoms with Gasteiger partial charge in [-0.15, -0.1) is 0 Å². The number of rotatable bonds is 6. The van der Waals surface area contributed by atoms with Gasteiger partial charge in [-0.3, -0.25) is 14.4 Å². The molecule has 0 spiro atoms. The van der Waals surface area contributed by atoms with E-state index in [4.69, 9.17) is 16.7 Å². The second-order valence-corrected chi connectivity index (χ2v) is 6.74. The van der Waals surface area contributed by atoms with Crippen LogP contribution >= 0.6 is 11.6 Å². The van der Waals surface area contributed by atoms with Crippen molar-refractivity contribution in [2.24, 2.45) is 0 Å². The highest BCUT2D eigenvalue weighted by Gasteiger charge is 2.21. The van der Waals surface area contributed by atoms with E-state index in [1.165, 1.54) is 16.3 Å². The molecule has 8 heteroatoms. The standard InChI is InChI=1S/C18H21ClN4O3/c19-15-3-1-2-14(12-15)13-21-8-10-22(11-9-21)17(24)5-7-23-6-4-16(20-23)18(25)26/h1-4,6,12H,5,7-11,13H2,(H,25,26). The minimum Gasteiger partial charge on any atom is -0.476 e. The normalized spacial score (nSPS) is 15.2. The third kappa shape index (κ3) is 4.83. The zero-order chi connectivity index (χ0) is 18.5. The van der Waals surface area contributed by atoms with Crippen LogP contribution in [0.4, 0.5) is 0 Å². The van der Waals surface area contributed by atoms with Crippen LogP contribution in [0.25, 0.3) is 0 Å². The van der Waals surface area contributed by atoms with Gasteiger partial charge < -0.3 is 10.0 Å². The fourth-order valence-electron chi connectivity index (χ4n) is 3.02. The number of hydrogen-bond acceptors (Lipinski definition) is 4. The van der Waals surface area contributed by atoms with E-state index in [-0.39, 0.29) is 11.6 Å². The van der Waals surface area contributed by atoms with Gasteiger partial charge in [0.1, 0.15) is 0 Å². The molecule has 3 rings (SSSR count). The molecule has 0 radical (unpaired) electrons. The molecule has 0 atom stereocenters. The van der Waals surface area contributed by atoms with Crippen molar-refractivity contribution in [1.82, 2.24) is 19.6 Å². The van der Waals surface area contributed by atoms with Gasteiger partial charge in [-0.2, -0.15) is 5.10 Å². The third-order valence-electron chi connectivity index (χ3n) is 4.43. The van der Waals surface area contributed by atoms with Crippen LogP contribution in [0, 0.1) is 0 Å². The van der Waals surface area contributed by atoms with E-state index in [2.05, 4.69) is 16.1 Å². The summed E-state index contributed by atoms with van der Waals surface area (Å²) < 4.78 is 1.50. The van der Waals surface area contributed by atoms with Gasteiger partial charge in [0.25, 0.3) is 0 Å². The molecule has 2 heterocycles. The lowest BCUT2D eigenvalue weighted by Crippen LogP contribution is -2.48. The number of aromatic nitrogens is 2. The number of amides is 1. The lowest BCUT2D eigenvalue weighted by Gasteiger charge is -2.34. The summed E-state index contributed by atoms with van der Waals surface area (Å²) in [5.41, 5.74) is 1.16.